The number of hydrogen-bond donors (Lipinski definition) is 1. The van der Waals surface area contributed by atoms with E-state index in [0.717, 1.165) is 44.1 Å². The topological polar surface area (TPSA) is 64.6 Å². The SMILES string of the molecule is C=CC(=O)N1CCN(c2nc(NC)nc3c2CCN(c2cccc4ccccc24)C3)CC1. The van der Waals surface area contributed by atoms with E-state index in [1.54, 1.807) is 0 Å². The fraction of sp³-hybridized carbons (Fsp3) is 0.320. The van der Waals surface area contributed by atoms with Gasteiger partial charge in [0.25, 0.3) is 0 Å². The Hall–Kier alpha value is -3.61. The van der Waals surface area contributed by atoms with Crippen molar-refractivity contribution in [3.8, 4) is 0 Å². The van der Waals surface area contributed by atoms with Gasteiger partial charge in [-0.15, -0.1) is 0 Å². The van der Waals surface area contributed by atoms with E-state index < -0.39 is 0 Å². The van der Waals surface area contributed by atoms with Crippen LogP contribution in [0, 0.1) is 0 Å². The van der Waals surface area contributed by atoms with Gasteiger partial charge in [0, 0.05) is 56.4 Å². The number of nitrogens with one attached hydrogen (secondary N) is 1. The zero-order valence-corrected chi connectivity index (χ0v) is 18.4. The fourth-order valence-electron chi connectivity index (χ4n) is 4.74. The molecule has 3 heterocycles. The molecular formula is C25H28N6O. The van der Waals surface area contributed by atoms with E-state index >= 15 is 0 Å². The number of carbonyl (C=O) groups excluding carboxylic acids is 1. The van der Waals surface area contributed by atoms with Crippen molar-refractivity contribution in [2.24, 2.45) is 0 Å². The molecule has 32 heavy (non-hydrogen) atoms. The fourth-order valence-corrected chi connectivity index (χ4v) is 4.74. The lowest BCUT2D eigenvalue weighted by Crippen LogP contribution is -2.49. The summed E-state index contributed by atoms with van der Waals surface area (Å²) in [5.74, 6) is 1.64. The molecule has 0 saturated carbocycles. The Labute approximate surface area is 188 Å². The van der Waals surface area contributed by atoms with E-state index in [-0.39, 0.29) is 5.91 Å². The predicted octanol–water partition coefficient (Wildman–Crippen LogP) is 3.07. The highest BCUT2D eigenvalue weighted by atomic mass is 16.2. The van der Waals surface area contributed by atoms with Crippen LogP contribution in [0.5, 0.6) is 0 Å². The quantitative estimate of drug-likeness (QED) is 0.645. The molecule has 5 rings (SSSR count). The second-order valence-corrected chi connectivity index (χ2v) is 8.23. The Bertz CT molecular complexity index is 1160. The summed E-state index contributed by atoms with van der Waals surface area (Å²) in [4.78, 5) is 28.2. The van der Waals surface area contributed by atoms with Crippen molar-refractivity contribution in [3.05, 3.63) is 66.4 Å². The third kappa shape index (κ3) is 3.64. The maximum absolute atomic E-state index is 12.0. The Morgan fingerprint density at radius 1 is 1.00 bits per heavy atom. The average Bonchev–Trinajstić information content (AvgIpc) is 2.87. The maximum Gasteiger partial charge on any atom is 0.246 e. The highest BCUT2D eigenvalue weighted by molar-refractivity contribution is 5.94. The molecule has 1 fully saturated rings. The van der Waals surface area contributed by atoms with Gasteiger partial charge in [-0.2, -0.15) is 4.98 Å². The molecule has 0 spiro atoms. The first-order chi connectivity index (χ1) is 15.7. The van der Waals surface area contributed by atoms with E-state index in [1.165, 1.54) is 28.1 Å². The number of aromatic nitrogens is 2. The molecule has 1 aromatic heterocycles. The van der Waals surface area contributed by atoms with Crippen LogP contribution in [0.3, 0.4) is 0 Å². The largest absolute Gasteiger partial charge is 0.365 e. The van der Waals surface area contributed by atoms with Crippen LogP contribution in [0.2, 0.25) is 0 Å². The molecule has 2 aromatic carbocycles. The molecule has 0 radical (unpaired) electrons. The van der Waals surface area contributed by atoms with Gasteiger partial charge in [-0.25, -0.2) is 4.98 Å². The molecule has 7 heteroatoms. The molecule has 1 amide bonds. The van der Waals surface area contributed by atoms with E-state index in [0.29, 0.717) is 19.0 Å². The maximum atomic E-state index is 12.0. The molecule has 164 valence electrons. The highest BCUT2D eigenvalue weighted by Crippen LogP contribution is 2.33. The van der Waals surface area contributed by atoms with Crippen molar-refractivity contribution in [1.29, 1.82) is 0 Å². The number of amides is 1. The van der Waals surface area contributed by atoms with Gasteiger partial charge < -0.3 is 20.0 Å². The van der Waals surface area contributed by atoms with E-state index in [1.807, 2.05) is 11.9 Å². The van der Waals surface area contributed by atoms with Crippen LogP contribution in [-0.2, 0) is 17.8 Å². The van der Waals surface area contributed by atoms with Crippen LogP contribution >= 0.6 is 0 Å². The number of anilines is 3. The van der Waals surface area contributed by atoms with E-state index in [2.05, 4.69) is 64.2 Å². The molecule has 7 nitrogen and oxygen atoms in total. The summed E-state index contributed by atoms with van der Waals surface area (Å²) in [6.07, 6.45) is 2.28. The summed E-state index contributed by atoms with van der Waals surface area (Å²) in [5.41, 5.74) is 3.54. The van der Waals surface area contributed by atoms with Crippen molar-refractivity contribution < 1.29 is 4.79 Å². The Morgan fingerprint density at radius 2 is 1.78 bits per heavy atom. The van der Waals surface area contributed by atoms with Crippen molar-refractivity contribution in [3.63, 3.8) is 0 Å². The first-order valence-electron chi connectivity index (χ1n) is 11.1. The van der Waals surface area contributed by atoms with E-state index in [9.17, 15) is 4.79 Å². The second-order valence-electron chi connectivity index (χ2n) is 8.23. The summed E-state index contributed by atoms with van der Waals surface area (Å²) < 4.78 is 0. The molecular weight excluding hydrogens is 400 g/mol. The molecule has 0 bridgehead atoms. The number of piperazine rings is 1. The number of nitrogens with zero attached hydrogens (tertiary/aromatic N) is 5. The van der Waals surface area contributed by atoms with Crippen LogP contribution < -0.4 is 15.1 Å². The molecule has 0 atom stereocenters. The first kappa shape index (κ1) is 20.3. The van der Waals surface area contributed by atoms with Gasteiger partial charge in [0.15, 0.2) is 0 Å². The van der Waals surface area contributed by atoms with Crippen LogP contribution in [-0.4, -0.2) is 60.5 Å². The van der Waals surface area contributed by atoms with Crippen LogP contribution in [0.1, 0.15) is 11.3 Å². The lowest BCUT2D eigenvalue weighted by atomic mass is 10.0. The summed E-state index contributed by atoms with van der Waals surface area (Å²) in [6.45, 7) is 8.17. The molecule has 0 unspecified atom stereocenters. The Kier molecular flexibility index (Phi) is 5.39. The smallest absolute Gasteiger partial charge is 0.246 e. The molecule has 0 aliphatic carbocycles. The minimum absolute atomic E-state index is 0.00369. The van der Waals surface area contributed by atoms with Gasteiger partial charge in [-0.3, -0.25) is 4.79 Å². The Balaban J connectivity index is 1.44. The summed E-state index contributed by atoms with van der Waals surface area (Å²) in [7, 11) is 1.86. The summed E-state index contributed by atoms with van der Waals surface area (Å²) >= 11 is 0. The third-order valence-electron chi connectivity index (χ3n) is 6.44. The van der Waals surface area contributed by atoms with Crippen molar-refractivity contribution in [2.45, 2.75) is 13.0 Å². The van der Waals surface area contributed by atoms with Crippen molar-refractivity contribution >= 4 is 34.1 Å². The van der Waals surface area contributed by atoms with Gasteiger partial charge in [-0.05, 0) is 23.9 Å². The minimum Gasteiger partial charge on any atom is -0.365 e. The van der Waals surface area contributed by atoms with Gasteiger partial charge in [0.05, 0.1) is 12.2 Å². The lowest BCUT2D eigenvalue weighted by molar-refractivity contribution is -0.126. The summed E-state index contributed by atoms with van der Waals surface area (Å²) in [6, 6.07) is 15.0. The van der Waals surface area contributed by atoms with Gasteiger partial charge in [0.2, 0.25) is 11.9 Å². The average molecular weight is 429 g/mol. The van der Waals surface area contributed by atoms with Gasteiger partial charge in [-0.1, -0.05) is 43.0 Å². The van der Waals surface area contributed by atoms with Crippen molar-refractivity contribution in [1.82, 2.24) is 14.9 Å². The molecule has 3 aromatic rings. The number of rotatable bonds is 4. The lowest BCUT2D eigenvalue weighted by Gasteiger charge is -2.38. The Morgan fingerprint density at radius 3 is 2.56 bits per heavy atom. The molecule has 2 aliphatic rings. The zero-order valence-electron chi connectivity index (χ0n) is 18.4. The van der Waals surface area contributed by atoms with Gasteiger partial charge in [0.1, 0.15) is 5.82 Å². The highest BCUT2D eigenvalue weighted by Gasteiger charge is 2.28. The predicted molar refractivity (Wildman–Crippen MR) is 129 cm³/mol. The number of benzene rings is 2. The molecule has 1 N–H and O–H groups in total. The third-order valence-corrected chi connectivity index (χ3v) is 6.44. The van der Waals surface area contributed by atoms with Crippen LogP contribution in [0.4, 0.5) is 17.5 Å². The number of fused-ring (bicyclic) bond motifs is 2. The molecule has 2 aliphatic heterocycles. The van der Waals surface area contributed by atoms with Crippen LogP contribution in [0.15, 0.2) is 55.1 Å². The first-order valence-corrected chi connectivity index (χ1v) is 11.1. The number of hydrogen-bond acceptors (Lipinski definition) is 6. The van der Waals surface area contributed by atoms with Crippen LogP contribution in [0.25, 0.3) is 10.8 Å². The standard InChI is InChI=1S/C25H28N6O/c1-3-23(32)29-13-15-30(16-14-29)24-20-11-12-31(17-21(20)27-25(26-2)28-24)22-10-6-8-18-7-4-5-9-19(18)22/h3-10H,1,11-17H2,2H3,(H,26,27,28). The van der Waals surface area contributed by atoms with Gasteiger partial charge >= 0.3 is 0 Å². The monoisotopic (exact) mass is 428 g/mol. The van der Waals surface area contributed by atoms with Crippen molar-refractivity contribution in [2.75, 3.05) is 54.9 Å². The molecule has 1 saturated heterocycles. The summed E-state index contributed by atoms with van der Waals surface area (Å²) in [5, 5.41) is 5.65. The van der Waals surface area contributed by atoms with E-state index in [4.69, 9.17) is 9.97 Å². The number of carbonyl (C=O) groups is 1. The second kappa shape index (κ2) is 8.49. The minimum atomic E-state index is -0.00369. The normalized spacial score (nSPS) is 16.1. The zero-order chi connectivity index (χ0) is 22.1.